The number of nitrogens with zero attached hydrogens (tertiary/aromatic N) is 3. The summed E-state index contributed by atoms with van der Waals surface area (Å²) < 4.78 is 2.09. The van der Waals surface area contributed by atoms with Crippen molar-refractivity contribution in [2.24, 2.45) is 0 Å². The summed E-state index contributed by atoms with van der Waals surface area (Å²) >= 11 is 0. The topological polar surface area (TPSA) is 124 Å². The molecule has 0 unspecified atom stereocenters. The summed E-state index contributed by atoms with van der Waals surface area (Å²) in [6, 6.07) is -0.749. The van der Waals surface area contributed by atoms with Gasteiger partial charge in [0.25, 0.3) is 0 Å². The molecule has 10 nitrogen and oxygen atoms in total. The van der Waals surface area contributed by atoms with Crippen LogP contribution >= 0.6 is 0 Å². The van der Waals surface area contributed by atoms with Gasteiger partial charge in [0.15, 0.2) is 0 Å². The summed E-state index contributed by atoms with van der Waals surface area (Å²) in [5.74, 6) is -0.867. The van der Waals surface area contributed by atoms with Gasteiger partial charge < -0.3 is 5.32 Å². The van der Waals surface area contributed by atoms with Crippen LogP contribution in [0.4, 0.5) is 4.79 Å². The van der Waals surface area contributed by atoms with E-state index in [4.69, 9.17) is 0 Å². The van der Waals surface area contributed by atoms with E-state index in [0.717, 1.165) is 9.13 Å². The van der Waals surface area contributed by atoms with Crippen LogP contribution in [0.15, 0.2) is 39.7 Å². The Kier molecular flexibility index (Phi) is 6.65. The van der Waals surface area contributed by atoms with Crippen molar-refractivity contribution in [1.29, 1.82) is 0 Å². The SMILES string of the molecule is C=CCn1c(=O)n(CC=C)c(=O)n(CC(=O)NC(=O)NCC)c1=O. The first-order valence-electron chi connectivity index (χ1n) is 7.11. The maximum Gasteiger partial charge on any atom is 0.337 e. The van der Waals surface area contributed by atoms with Gasteiger partial charge in [0.2, 0.25) is 5.91 Å². The number of nitrogens with one attached hydrogen (secondary N) is 2. The lowest BCUT2D eigenvalue weighted by Gasteiger charge is -2.12. The first-order valence-corrected chi connectivity index (χ1v) is 7.11. The fourth-order valence-corrected chi connectivity index (χ4v) is 1.90. The largest absolute Gasteiger partial charge is 0.338 e. The van der Waals surface area contributed by atoms with Crippen molar-refractivity contribution in [2.75, 3.05) is 6.54 Å². The van der Waals surface area contributed by atoms with Gasteiger partial charge in [-0.05, 0) is 6.92 Å². The quantitative estimate of drug-likeness (QED) is 0.579. The molecule has 0 aliphatic heterocycles. The third-order valence-electron chi connectivity index (χ3n) is 2.90. The van der Waals surface area contributed by atoms with E-state index in [1.54, 1.807) is 6.92 Å². The van der Waals surface area contributed by atoms with Crippen LogP contribution in [-0.4, -0.2) is 32.2 Å². The van der Waals surface area contributed by atoms with Gasteiger partial charge in [-0.2, -0.15) is 0 Å². The van der Waals surface area contributed by atoms with Crippen molar-refractivity contribution in [3.8, 4) is 0 Å². The molecular weight excluding hydrogens is 318 g/mol. The molecule has 0 aliphatic rings. The molecule has 2 N–H and O–H groups in total. The number of imide groups is 1. The summed E-state index contributed by atoms with van der Waals surface area (Å²) in [6.45, 7) is 7.87. The molecule has 0 aliphatic carbocycles. The highest BCUT2D eigenvalue weighted by Gasteiger charge is 2.17. The van der Waals surface area contributed by atoms with Crippen molar-refractivity contribution in [3.63, 3.8) is 0 Å². The molecule has 1 aromatic rings. The Bertz CT molecular complexity index is 781. The molecule has 0 bridgehead atoms. The van der Waals surface area contributed by atoms with Crippen LogP contribution in [0.5, 0.6) is 0 Å². The van der Waals surface area contributed by atoms with Gasteiger partial charge in [0.1, 0.15) is 6.54 Å². The van der Waals surface area contributed by atoms with Crippen molar-refractivity contribution in [3.05, 3.63) is 56.8 Å². The molecule has 130 valence electrons. The molecule has 0 saturated heterocycles. The lowest BCUT2D eigenvalue weighted by atomic mass is 10.5. The van der Waals surface area contributed by atoms with Crippen molar-refractivity contribution < 1.29 is 9.59 Å². The summed E-state index contributed by atoms with van der Waals surface area (Å²) in [6.07, 6.45) is 2.62. The van der Waals surface area contributed by atoms with Crippen molar-refractivity contribution >= 4 is 11.9 Å². The molecule has 1 aromatic heterocycles. The van der Waals surface area contributed by atoms with E-state index in [1.807, 2.05) is 5.32 Å². The molecule has 24 heavy (non-hydrogen) atoms. The highest BCUT2D eigenvalue weighted by atomic mass is 16.2. The molecule has 0 spiro atoms. The standard InChI is InChI=1S/C14H19N5O5/c1-4-7-17-12(22)18(8-5-2)14(24)19(13(17)23)9-10(20)16-11(21)15-6-3/h4-5H,1-2,6-9H2,3H3,(H2,15,16,20,21). The lowest BCUT2D eigenvalue weighted by molar-refractivity contribution is -0.120. The van der Waals surface area contributed by atoms with Gasteiger partial charge in [-0.15, -0.1) is 13.2 Å². The van der Waals surface area contributed by atoms with Crippen molar-refractivity contribution in [2.45, 2.75) is 26.6 Å². The second-order valence-corrected chi connectivity index (χ2v) is 4.64. The van der Waals surface area contributed by atoms with Gasteiger partial charge in [-0.25, -0.2) is 32.9 Å². The molecule has 0 saturated carbocycles. The average molecular weight is 337 g/mol. The zero-order valence-electron chi connectivity index (χ0n) is 13.3. The van der Waals surface area contributed by atoms with Crippen LogP contribution in [0, 0.1) is 0 Å². The van der Waals surface area contributed by atoms with Crippen LogP contribution in [0.25, 0.3) is 0 Å². The number of carbonyl (C=O) groups excluding carboxylic acids is 2. The highest BCUT2D eigenvalue weighted by molar-refractivity contribution is 5.94. The zero-order chi connectivity index (χ0) is 18.3. The van der Waals surface area contributed by atoms with Crippen LogP contribution in [0.3, 0.4) is 0 Å². The van der Waals surface area contributed by atoms with Gasteiger partial charge in [0.05, 0.1) is 13.1 Å². The summed E-state index contributed by atoms with van der Waals surface area (Å²) in [7, 11) is 0. The first-order chi connectivity index (χ1) is 11.4. The van der Waals surface area contributed by atoms with E-state index in [0.29, 0.717) is 11.1 Å². The average Bonchev–Trinajstić information content (AvgIpc) is 2.52. The molecule has 10 heteroatoms. The summed E-state index contributed by atoms with van der Waals surface area (Å²) in [5, 5.41) is 4.32. The molecule has 1 rings (SSSR count). The smallest absolute Gasteiger partial charge is 0.337 e. The van der Waals surface area contributed by atoms with Gasteiger partial charge in [-0.1, -0.05) is 12.2 Å². The molecule has 0 atom stereocenters. The predicted molar refractivity (Wildman–Crippen MR) is 86.8 cm³/mol. The summed E-state index contributed by atoms with van der Waals surface area (Å²) in [4.78, 5) is 59.8. The van der Waals surface area contributed by atoms with Gasteiger partial charge >= 0.3 is 23.1 Å². The van der Waals surface area contributed by atoms with Crippen molar-refractivity contribution in [1.82, 2.24) is 24.3 Å². The fourth-order valence-electron chi connectivity index (χ4n) is 1.90. The number of allylic oxidation sites excluding steroid dienone is 2. The van der Waals surface area contributed by atoms with Gasteiger partial charge in [0, 0.05) is 6.54 Å². The minimum absolute atomic E-state index is 0.132. The van der Waals surface area contributed by atoms with Crippen LogP contribution in [0.2, 0.25) is 0 Å². The Labute approximate surface area is 136 Å². The predicted octanol–water partition coefficient (Wildman–Crippen LogP) is -1.61. The second-order valence-electron chi connectivity index (χ2n) is 4.64. The maximum atomic E-state index is 12.3. The van der Waals surface area contributed by atoms with E-state index in [1.165, 1.54) is 12.2 Å². The Morgan fingerprint density at radius 3 is 1.83 bits per heavy atom. The number of hydrogen-bond acceptors (Lipinski definition) is 5. The minimum atomic E-state index is -0.962. The highest BCUT2D eigenvalue weighted by Crippen LogP contribution is 1.80. The number of aromatic nitrogens is 3. The minimum Gasteiger partial charge on any atom is -0.338 e. The van der Waals surface area contributed by atoms with E-state index in [9.17, 15) is 24.0 Å². The normalized spacial score (nSPS) is 10.0. The van der Waals surface area contributed by atoms with E-state index in [-0.39, 0.29) is 13.1 Å². The molecule has 3 amide bonds. The Morgan fingerprint density at radius 1 is 0.958 bits per heavy atom. The van der Waals surface area contributed by atoms with Crippen LogP contribution < -0.4 is 27.7 Å². The number of rotatable bonds is 7. The molecular formula is C14H19N5O5. The number of carbonyl (C=O) groups is 2. The lowest BCUT2D eigenvalue weighted by Crippen LogP contribution is -2.56. The number of hydrogen-bond donors (Lipinski definition) is 2. The molecule has 1 heterocycles. The van der Waals surface area contributed by atoms with Crippen LogP contribution in [0.1, 0.15) is 6.92 Å². The fraction of sp³-hybridized carbons (Fsp3) is 0.357. The molecule has 0 fully saturated rings. The van der Waals surface area contributed by atoms with E-state index >= 15 is 0 Å². The molecule has 0 aromatic carbocycles. The third-order valence-corrected chi connectivity index (χ3v) is 2.90. The maximum absolute atomic E-state index is 12.3. The Balaban J connectivity index is 3.34. The number of amides is 3. The first kappa shape index (κ1) is 18.9. The Hall–Kier alpha value is -3.17. The van der Waals surface area contributed by atoms with E-state index < -0.39 is 35.6 Å². The zero-order valence-corrected chi connectivity index (χ0v) is 13.3. The van der Waals surface area contributed by atoms with Crippen LogP contribution in [-0.2, 0) is 24.4 Å². The second kappa shape index (κ2) is 8.46. The summed E-state index contributed by atoms with van der Waals surface area (Å²) in [5.41, 5.74) is -2.75. The third kappa shape index (κ3) is 4.18. The van der Waals surface area contributed by atoms with E-state index in [2.05, 4.69) is 18.5 Å². The molecule has 0 radical (unpaired) electrons. The number of urea groups is 1. The monoisotopic (exact) mass is 337 g/mol. The van der Waals surface area contributed by atoms with Gasteiger partial charge in [-0.3, -0.25) is 10.1 Å². The Morgan fingerprint density at radius 2 is 1.42 bits per heavy atom.